The Kier molecular flexibility index (Phi) is 7.96. The highest BCUT2D eigenvalue weighted by molar-refractivity contribution is 9.10. The number of aromatic amines is 1. The first-order valence-electron chi connectivity index (χ1n) is 8.55. The third-order valence-electron chi connectivity index (χ3n) is 3.75. The lowest BCUT2D eigenvalue weighted by molar-refractivity contribution is -0.119. The number of benzene rings is 1. The zero-order chi connectivity index (χ0) is 18.2. The Balaban J connectivity index is 1.78. The van der Waals surface area contributed by atoms with Crippen molar-refractivity contribution in [1.29, 1.82) is 0 Å². The monoisotopic (exact) mass is 424 g/mol. The topological polar surface area (TPSA) is 70.7 Å². The maximum Gasteiger partial charge on any atom is 0.230 e. The maximum absolute atomic E-state index is 12.0. The van der Waals surface area contributed by atoms with Gasteiger partial charge in [-0.1, -0.05) is 72.6 Å². The molecule has 2 rings (SSSR count). The van der Waals surface area contributed by atoms with Crippen LogP contribution in [0.5, 0.6) is 0 Å². The molecule has 5 nitrogen and oxygen atoms in total. The van der Waals surface area contributed by atoms with Crippen molar-refractivity contribution in [2.24, 2.45) is 5.92 Å². The van der Waals surface area contributed by atoms with Crippen molar-refractivity contribution in [3.63, 3.8) is 0 Å². The van der Waals surface area contributed by atoms with Gasteiger partial charge >= 0.3 is 0 Å². The molecule has 25 heavy (non-hydrogen) atoms. The smallest absolute Gasteiger partial charge is 0.230 e. The van der Waals surface area contributed by atoms with Crippen molar-refractivity contribution < 1.29 is 4.79 Å². The number of thioether (sulfide) groups is 1. The molecule has 0 radical (unpaired) electrons. The number of H-pyrrole nitrogens is 1. The quantitative estimate of drug-likeness (QED) is 0.574. The number of hydrogen-bond acceptors (Lipinski definition) is 4. The number of rotatable bonds is 9. The van der Waals surface area contributed by atoms with E-state index >= 15 is 0 Å². The summed E-state index contributed by atoms with van der Waals surface area (Å²) in [5, 5.41) is 10.7. The fraction of sp³-hybridized carbons (Fsp3) is 0.500. The largest absolute Gasteiger partial charge is 0.353 e. The first-order valence-corrected chi connectivity index (χ1v) is 10.3. The van der Waals surface area contributed by atoms with Crippen LogP contribution in [0.2, 0.25) is 0 Å². The number of carbonyl (C=O) groups excluding carboxylic acids is 1. The summed E-state index contributed by atoms with van der Waals surface area (Å²) in [6.45, 7) is 6.50. The summed E-state index contributed by atoms with van der Waals surface area (Å²) < 4.78 is 0.954. The van der Waals surface area contributed by atoms with Gasteiger partial charge in [0, 0.05) is 16.1 Å². The fourth-order valence-corrected chi connectivity index (χ4v) is 3.52. The molecule has 0 aliphatic heterocycles. The van der Waals surface area contributed by atoms with Crippen LogP contribution in [0.4, 0.5) is 0 Å². The molecule has 1 unspecified atom stereocenters. The molecular weight excluding hydrogens is 400 g/mol. The number of amides is 1. The predicted molar refractivity (Wildman–Crippen MR) is 107 cm³/mol. The average Bonchev–Trinajstić information content (AvgIpc) is 3.01. The fourth-order valence-electron chi connectivity index (χ4n) is 2.44. The van der Waals surface area contributed by atoms with Gasteiger partial charge in [0.2, 0.25) is 11.1 Å². The van der Waals surface area contributed by atoms with Crippen molar-refractivity contribution in [2.75, 3.05) is 5.75 Å². The van der Waals surface area contributed by atoms with Crippen LogP contribution in [0.15, 0.2) is 33.9 Å². The molecule has 1 aromatic carbocycles. The van der Waals surface area contributed by atoms with Gasteiger partial charge in [-0.25, -0.2) is 4.98 Å². The molecule has 0 aliphatic rings. The number of halogens is 1. The summed E-state index contributed by atoms with van der Waals surface area (Å²) in [5.74, 6) is 1.75. The van der Waals surface area contributed by atoms with E-state index in [-0.39, 0.29) is 11.9 Å². The Hall–Kier alpha value is -1.34. The van der Waals surface area contributed by atoms with E-state index in [1.807, 2.05) is 24.3 Å². The molecule has 2 N–H and O–H groups in total. The number of aromatic nitrogens is 3. The van der Waals surface area contributed by atoms with E-state index in [0.29, 0.717) is 22.7 Å². The summed E-state index contributed by atoms with van der Waals surface area (Å²) in [4.78, 5) is 16.5. The van der Waals surface area contributed by atoms with E-state index in [4.69, 9.17) is 0 Å². The molecule has 0 aliphatic carbocycles. The van der Waals surface area contributed by atoms with Gasteiger partial charge in [0.1, 0.15) is 0 Å². The maximum atomic E-state index is 12.0. The molecule has 1 amide bonds. The summed E-state index contributed by atoms with van der Waals surface area (Å²) >= 11 is 4.84. The summed E-state index contributed by atoms with van der Waals surface area (Å²) in [5.41, 5.74) is 0.949. The Morgan fingerprint density at radius 3 is 2.76 bits per heavy atom. The lowest BCUT2D eigenvalue weighted by Crippen LogP contribution is -2.33. The van der Waals surface area contributed by atoms with Gasteiger partial charge < -0.3 is 5.32 Å². The van der Waals surface area contributed by atoms with Crippen LogP contribution in [0.1, 0.15) is 40.0 Å². The predicted octanol–water partition coefficient (Wildman–Crippen LogP) is 4.66. The number of nitrogens with zero attached hydrogens (tertiary/aromatic N) is 2. The van der Waals surface area contributed by atoms with E-state index in [9.17, 15) is 4.79 Å². The van der Waals surface area contributed by atoms with Gasteiger partial charge in [-0.2, -0.15) is 0 Å². The Morgan fingerprint density at radius 2 is 2.04 bits per heavy atom. The molecule has 0 bridgehead atoms. The van der Waals surface area contributed by atoms with Crippen molar-refractivity contribution in [2.45, 2.75) is 51.2 Å². The molecular formula is C18H25BrN4OS. The Morgan fingerprint density at radius 1 is 1.28 bits per heavy atom. The third kappa shape index (κ3) is 6.82. The summed E-state index contributed by atoms with van der Waals surface area (Å²) in [6.07, 6.45) is 3.36. The Labute approximate surface area is 161 Å². The highest BCUT2D eigenvalue weighted by Gasteiger charge is 2.12. The van der Waals surface area contributed by atoms with Crippen LogP contribution in [-0.4, -0.2) is 32.9 Å². The molecule has 136 valence electrons. The minimum atomic E-state index is 0.0225. The highest BCUT2D eigenvalue weighted by Crippen LogP contribution is 2.26. The van der Waals surface area contributed by atoms with E-state index in [0.717, 1.165) is 22.9 Å². The lowest BCUT2D eigenvalue weighted by atomic mass is 10.0. The van der Waals surface area contributed by atoms with E-state index in [1.165, 1.54) is 18.2 Å². The van der Waals surface area contributed by atoms with Gasteiger partial charge in [-0.3, -0.25) is 9.89 Å². The Bertz CT molecular complexity index is 689. The zero-order valence-electron chi connectivity index (χ0n) is 14.9. The zero-order valence-corrected chi connectivity index (χ0v) is 17.3. The van der Waals surface area contributed by atoms with Crippen LogP contribution in [-0.2, 0) is 4.79 Å². The van der Waals surface area contributed by atoms with Crippen LogP contribution in [0, 0.1) is 5.92 Å². The standard InChI is InChI=1S/C18H25BrN4OS/c1-12(2)7-6-8-13(3)20-16(24)11-25-18-21-17(22-23-18)14-9-4-5-10-15(14)19/h4-5,9-10,12-13H,6-8,11H2,1-3H3,(H,20,24)(H,21,22,23). The molecule has 7 heteroatoms. The lowest BCUT2D eigenvalue weighted by Gasteiger charge is -2.14. The summed E-state index contributed by atoms with van der Waals surface area (Å²) in [6, 6.07) is 8.02. The van der Waals surface area contributed by atoms with Gasteiger partial charge in [0.25, 0.3) is 0 Å². The van der Waals surface area contributed by atoms with Gasteiger partial charge in [-0.15, -0.1) is 5.10 Å². The van der Waals surface area contributed by atoms with Gasteiger partial charge in [0.15, 0.2) is 5.82 Å². The molecule has 0 saturated heterocycles. The molecule has 2 aromatic rings. The third-order valence-corrected chi connectivity index (χ3v) is 5.29. The number of carbonyl (C=O) groups is 1. The first kappa shape index (κ1) is 20.0. The van der Waals surface area contributed by atoms with Gasteiger partial charge in [0.05, 0.1) is 5.75 Å². The second kappa shape index (κ2) is 9.97. The second-order valence-corrected chi connectivity index (χ2v) is 8.33. The van der Waals surface area contributed by atoms with Crippen LogP contribution in [0.25, 0.3) is 11.4 Å². The van der Waals surface area contributed by atoms with Crippen LogP contribution in [0.3, 0.4) is 0 Å². The second-order valence-electron chi connectivity index (χ2n) is 6.53. The normalized spacial score (nSPS) is 12.4. The molecule has 1 aromatic heterocycles. The number of hydrogen-bond donors (Lipinski definition) is 2. The van der Waals surface area contributed by atoms with Gasteiger partial charge in [-0.05, 0) is 25.3 Å². The first-order chi connectivity index (χ1) is 12.0. The molecule has 0 saturated carbocycles. The van der Waals surface area contributed by atoms with Crippen LogP contribution >= 0.6 is 27.7 Å². The average molecular weight is 425 g/mol. The van der Waals surface area contributed by atoms with Crippen molar-refractivity contribution >= 4 is 33.6 Å². The van der Waals surface area contributed by atoms with Crippen LogP contribution < -0.4 is 5.32 Å². The minimum absolute atomic E-state index is 0.0225. The summed E-state index contributed by atoms with van der Waals surface area (Å²) in [7, 11) is 0. The number of nitrogens with one attached hydrogen (secondary N) is 2. The van der Waals surface area contributed by atoms with E-state index < -0.39 is 0 Å². The molecule has 0 fully saturated rings. The van der Waals surface area contributed by atoms with Crippen molar-refractivity contribution in [3.8, 4) is 11.4 Å². The highest BCUT2D eigenvalue weighted by atomic mass is 79.9. The molecule has 1 heterocycles. The molecule has 1 atom stereocenters. The van der Waals surface area contributed by atoms with Crippen molar-refractivity contribution in [1.82, 2.24) is 20.5 Å². The van der Waals surface area contributed by atoms with E-state index in [1.54, 1.807) is 0 Å². The molecule has 0 spiro atoms. The SMILES string of the molecule is CC(C)CCCC(C)NC(=O)CSc1n[nH]c(-c2ccccc2Br)n1. The van der Waals surface area contributed by atoms with E-state index in [2.05, 4.69) is 57.2 Å². The minimum Gasteiger partial charge on any atom is -0.353 e. The van der Waals surface area contributed by atoms with Crippen molar-refractivity contribution in [3.05, 3.63) is 28.7 Å².